The minimum absolute atomic E-state index is 0.230. The monoisotopic (exact) mass is 264 g/mol. The van der Waals surface area contributed by atoms with Gasteiger partial charge in [0.15, 0.2) is 0 Å². The first-order valence-corrected chi connectivity index (χ1v) is 7.71. The lowest BCUT2D eigenvalue weighted by Gasteiger charge is -2.44. The van der Waals surface area contributed by atoms with E-state index in [1.807, 2.05) is 22.4 Å². The Balaban J connectivity index is 1.61. The van der Waals surface area contributed by atoms with E-state index >= 15 is 0 Å². The molecule has 1 spiro atoms. The van der Waals surface area contributed by atoms with Crippen LogP contribution in [0.2, 0.25) is 0 Å². The highest BCUT2D eigenvalue weighted by Gasteiger charge is 2.36. The van der Waals surface area contributed by atoms with Gasteiger partial charge >= 0.3 is 0 Å². The van der Waals surface area contributed by atoms with Crippen molar-refractivity contribution in [3.05, 3.63) is 22.4 Å². The highest BCUT2D eigenvalue weighted by molar-refractivity contribution is 7.12. The van der Waals surface area contributed by atoms with Crippen LogP contribution in [0.5, 0.6) is 0 Å². The van der Waals surface area contributed by atoms with Gasteiger partial charge in [-0.05, 0) is 55.6 Å². The van der Waals surface area contributed by atoms with Gasteiger partial charge in [0.25, 0.3) is 5.91 Å². The first kappa shape index (κ1) is 12.2. The average Bonchev–Trinajstić information content (AvgIpc) is 2.94. The lowest BCUT2D eigenvalue weighted by Crippen LogP contribution is -2.47. The summed E-state index contributed by atoms with van der Waals surface area (Å²) in [6.07, 6.45) is 4.94. The normalized spacial score (nSPS) is 23.2. The summed E-state index contributed by atoms with van der Waals surface area (Å²) in [6, 6.07) is 3.89. The van der Waals surface area contributed by atoms with E-state index in [1.54, 1.807) is 11.3 Å². The number of carbonyl (C=O) groups excluding carboxylic acids is 1. The Labute approximate surface area is 112 Å². The van der Waals surface area contributed by atoms with Gasteiger partial charge in [-0.3, -0.25) is 4.79 Å². The molecule has 1 aromatic rings. The van der Waals surface area contributed by atoms with Crippen molar-refractivity contribution in [1.29, 1.82) is 0 Å². The predicted molar refractivity (Wildman–Crippen MR) is 74.0 cm³/mol. The molecule has 0 bridgehead atoms. The summed E-state index contributed by atoms with van der Waals surface area (Å²) >= 11 is 1.55. The molecule has 1 amide bonds. The van der Waals surface area contributed by atoms with Gasteiger partial charge in [0.1, 0.15) is 0 Å². The molecule has 3 heterocycles. The van der Waals surface area contributed by atoms with E-state index in [1.165, 1.54) is 25.7 Å². The molecule has 0 aromatic carbocycles. The van der Waals surface area contributed by atoms with Gasteiger partial charge in [-0.2, -0.15) is 0 Å². The summed E-state index contributed by atoms with van der Waals surface area (Å²) in [5, 5.41) is 5.41. The molecule has 3 nitrogen and oxygen atoms in total. The second-order valence-electron chi connectivity index (χ2n) is 5.52. The Kier molecular flexibility index (Phi) is 3.39. The number of hydrogen-bond acceptors (Lipinski definition) is 3. The third kappa shape index (κ3) is 2.31. The van der Waals surface area contributed by atoms with Crippen LogP contribution in [-0.4, -0.2) is 37.0 Å². The van der Waals surface area contributed by atoms with Crippen molar-refractivity contribution in [1.82, 2.24) is 10.2 Å². The zero-order chi connectivity index (χ0) is 12.4. The van der Waals surface area contributed by atoms with Crippen molar-refractivity contribution in [2.24, 2.45) is 5.41 Å². The van der Waals surface area contributed by atoms with Crippen molar-refractivity contribution in [3.8, 4) is 0 Å². The summed E-state index contributed by atoms with van der Waals surface area (Å²) in [5.74, 6) is 0.230. The van der Waals surface area contributed by atoms with Crippen LogP contribution in [0.1, 0.15) is 35.4 Å². The zero-order valence-corrected chi connectivity index (χ0v) is 11.5. The number of nitrogens with one attached hydrogen (secondary N) is 1. The molecular formula is C14H20N2OS. The molecule has 3 rings (SSSR count). The van der Waals surface area contributed by atoms with Crippen LogP contribution in [0.3, 0.4) is 0 Å². The van der Waals surface area contributed by atoms with E-state index in [0.29, 0.717) is 5.41 Å². The largest absolute Gasteiger partial charge is 0.338 e. The molecule has 2 aliphatic heterocycles. The van der Waals surface area contributed by atoms with E-state index < -0.39 is 0 Å². The van der Waals surface area contributed by atoms with Crippen molar-refractivity contribution >= 4 is 17.2 Å². The molecule has 0 atom stereocenters. The molecule has 2 fully saturated rings. The van der Waals surface area contributed by atoms with Crippen LogP contribution in [0.4, 0.5) is 0 Å². The van der Waals surface area contributed by atoms with Gasteiger partial charge in [-0.15, -0.1) is 11.3 Å². The van der Waals surface area contributed by atoms with Gasteiger partial charge in [-0.25, -0.2) is 0 Å². The lowest BCUT2D eigenvalue weighted by atomic mass is 9.71. The van der Waals surface area contributed by atoms with Crippen molar-refractivity contribution < 1.29 is 4.79 Å². The highest BCUT2D eigenvalue weighted by Crippen LogP contribution is 2.39. The van der Waals surface area contributed by atoms with E-state index in [4.69, 9.17) is 0 Å². The number of piperidine rings is 2. The molecule has 0 saturated carbocycles. The molecule has 0 unspecified atom stereocenters. The molecule has 0 radical (unpaired) electrons. The summed E-state index contributed by atoms with van der Waals surface area (Å²) in [5.41, 5.74) is 0.525. The maximum absolute atomic E-state index is 12.3. The van der Waals surface area contributed by atoms with Gasteiger partial charge < -0.3 is 10.2 Å². The Hall–Kier alpha value is -0.870. The first-order valence-electron chi connectivity index (χ1n) is 6.83. The third-order valence-electron chi connectivity index (χ3n) is 4.51. The lowest BCUT2D eigenvalue weighted by molar-refractivity contribution is 0.0500. The SMILES string of the molecule is O=C(c1cccs1)N1CCC2(CCNCC2)CC1. The fraction of sp³-hybridized carbons (Fsp3) is 0.643. The quantitative estimate of drug-likeness (QED) is 0.844. The number of carbonyl (C=O) groups is 1. The van der Waals surface area contributed by atoms with Crippen LogP contribution in [0.25, 0.3) is 0 Å². The first-order chi connectivity index (χ1) is 8.79. The fourth-order valence-electron chi connectivity index (χ4n) is 3.20. The van der Waals surface area contributed by atoms with E-state index in [9.17, 15) is 4.79 Å². The standard InChI is InChI=1S/C14H20N2OS/c17-13(12-2-1-11-18-12)16-9-5-14(6-10-16)3-7-15-8-4-14/h1-2,11,15H,3-10H2. The summed E-state index contributed by atoms with van der Waals surface area (Å²) in [4.78, 5) is 15.2. The predicted octanol–water partition coefficient (Wildman–Crippen LogP) is 2.35. The smallest absolute Gasteiger partial charge is 0.263 e. The van der Waals surface area contributed by atoms with Crippen LogP contribution in [0, 0.1) is 5.41 Å². The molecule has 98 valence electrons. The minimum atomic E-state index is 0.230. The Morgan fingerprint density at radius 1 is 1.22 bits per heavy atom. The molecule has 2 saturated heterocycles. The molecule has 18 heavy (non-hydrogen) atoms. The van der Waals surface area contributed by atoms with Gasteiger partial charge in [-0.1, -0.05) is 6.07 Å². The summed E-state index contributed by atoms with van der Waals surface area (Å²) < 4.78 is 0. The molecule has 4 heteroatoms. The molecule has 1 N–H and O–H groups in total. The molecule has 2 aliphatic rings. The Morgan fingerprint density at radius 3 is 2.56 bits per heavy atom. The number of nitrogens with zero attached hydrogens (tertiary/aromatic N) is 1. The van der Waals surface area contributed by atoms with E-state index in [0.717, 1.165) is 31.1 Å². The summed E-state index contributed by atoms with van der Waals surface area (Å²) in [7, 11) is 0. The van der Waals surface area contributed by atoms with Gasteiger partial charge in [0, 0.05) is 13.1 Å². The topological polar surface area (TPSA) is 32.3 Å². The van der Waals surface area contributed by atoms with E-state index in [-0.39, 0.29) is 5.91 Å². The van der Waals surface area contributed by atoms with Crippen LogP contribution in [-0.2, 0) is 0 Å². The third-order valence-corrected chi connectivity index (χ3v) is 5.37. The van der Waals surface area contributed by atoms with E-state index in [2.05, 4.69) is 5.32 Å². The highest BCUT2D eigenvalue weighted by atomic mass is 32.1. The fourth-order valence-corrected chi connectivity index (χ4v) is 3.89. The molecular weight excluding hydrogens is 244 g/mol. The van der Waals surface area contributed by atoms with Crippen LogP contribution < -0.4 is 5.32 Å². The Bertz CT molecular complexity index is 399. The van der Waals surface area contributed by atoms with Gasteiger partial charge in [0.05, 0.1) is 4.88 Å². The number of hydrogen-bond donors (Lipinski definition) is 1. The number of likely N-dealkylation sites (tertiary alicyclic amines) is 1. The Morgan fingerprint density at radius 2 is 1.94 bits per heavy atom. The van der Waals surface area contributed by atoms with Crippen LogP contribution >= 0.6 is 11.3 Å². The number of amides is 1. The summed E-state index contributed by atoms with van der Waals surface area (Å²) in [6.45, 7) is 4.19. The second-order valence-corrected chi connectivity index (χ2v) is 6.47. The second kappa shape index (κ2) is 5.02. The van der Waals surface area contributed by atoms with Crippen LogP contribution in [0.15, 0.2) is 17.5 Å². The van der Waals surface area contributed by atoms with Crippen molar-refractivity contribution in [2.75, 3.05) is 26.2 Å². The van der Waals surface area contributed by atoms with Crippen molar-refractivity contribution in [3.63, 3.8) is 0 Å². The maximum atomic E-state index is 12.3. The van der Waals surface area contributed by atoms with Gasteiger partial charge in [0.2, 0.25) is 0 Å². The maximum Gasteiger partial charge on any atom is 0.263 e. The number of rotatable bonds is 1. The van der Waals surface area contributed by atoms with Crippen molar-refractivity contribution in [2.45, 2.75) is 25.7 Å². The zero-order valence-electron chi connectivity index (χ0n) is 10.7. The molecule has 1 aromatic heterocycles. The molecule has 0 aliphatic carbocycles. The number of thiophene rings is 1. The average molecular weight is 264 g/mol. The minimum Gasteiger partial charge on any atom is -0.338 e.